The summed E-state index contributed by atoms with van der Waals surface area (Å²) in [5, 5.41) is -1.27. The monoisotopic (exact) mass is 226 g/mol. The van der Waals surface area contributed by atoms with Gasteiger partial charge < -0.3 is 4.74 Å². The van der Waals surface area contributed by atoms with Crippen LogP contribution in [-0.2, 0) is 9.53 Å². The molecular formula is C11H11ClO3. The van der Waals surface area contributed by atoms with Gasteiger partial charge in [-0.15, -0.1) is 11.6 Å². The van der Waals surface area contributed by atoms with Gasteiger partial charge >= 0.3 is 5.97 Å². The number of carbonyl (C=O) groups is 2. The first-order valence-corrected chi connectivity index (χ1v) is 4.83. The van der Waals surface area contributed by atoms with Gasteiger partial charge in [-0.3, -0.25) is 4.79 Å². The Bertz CT molecular complexity index is 387. The molecule has 1 rings (SSSR count). The summed E-state index contributed by atoms with van der Waals surface area (Å²) in [6.07, 6.45) is 0. The lowest BCUT2D eigenvalue weighted by atomic mass is 10.0. The lowest BCUT2D eigenvalue weighted by Gasteiger charge is -2.08. The van der Waals surface area contributed by atoms with Gasteiger partial charge in [0, 0.05) is 5.56 Å². The predicted octanol–water partition coefficient (Wildman–Crippen LogP) is 1.96. The zero-order valence-electron chi connectivity index (χ0n) is 8.49. The molecule has 1 aromatic rings. The van der Waals surface area contributed by atoms with Crippen molar-refractivity contribution < 1.29 is 14.3 Å². The highest BCUT2D eigenvalue weighted by atomic mass is 35.5. The summed E-state index contributed by atoms with van der Waals surface area (Å²) in [4.78, 5) is 22.8. The number of alkyl halides is 1. The minimum Gasteiger partial charge on any atom is -0.468 e. The number of methoxy groups -OCH3 is 1. The van der Waals surface area contributed by atoms with Crippen LogP contribution in [0.1, 0.15) is 15.9 Å². The Kier molecular flexibility index (Phi) is 3.86. The second-order valence-electron chi connectivity index (χ2n) is 3.06. The molecule has 0 spiro atoms. The quantitative estimate of drug-likeness (QED) is 0.343. The first kappa shape index (κ1) is 11.7. The van der Waals surface area contributed by atoms with Crippen molar-refractivity contribution in [2.75, 3.05) is 7.11 Å². The largest absolute Gasteiger partial charge is 0.468 e. The van der Waals surface area contributed by atoms with Gasteiger partial charge in [0.25, 0.3) is 0 Å². The summed E-state index contributed by atoms with van der Waals surface area (Å²) in [5.41, 5.74) is 1.24. The Morgan fingerprint density at radius 2 is 1.93 bits per heavy atom. The van der Waals surface area contributed by atoms with Gasteiger partial charge in [-0.05, 0) is 12.5 Å². The fourth-order valence-electron chi connectivity index (χ4n) is 1.20. The third-order valence-corrected chi connectivity index (χ3v) is 2.43. The molecule has 0 amide bonds. The number of ether oxygens (including phenoxy) is 1. The van der Waals surface area contributed by atoms with Crippen LogP contribution in [0.2, 0.25) is 0 Å². The van der Waals surface area contributed by atoms with Crippen LogP contribution < -0.4 is 0 Å². The number of carbonyl (C=O) groups excluding carboxylic acids is 2. The van der Waals surface area contributed by atoms with Gasteiger partial charge in [-0.1, -0.05) is 24.3 Å². The van der Waals surface area contributed by atoms with Crippen LogP contribution in [0.25, 0.3) is 0 Å². The van der Waals surface area contributed by atoms with Crippen molar-refractivity contribution in [3.63, 3.8) is 0 Å². The van der Waals surface area contributed by atoms with E-state index in [1.165, 1.54) is 7.11 Å². The van der Waals surface area contributed by atoms with Crippen molar-refractivity contribution in [3.8, 4) is 0 Å². The molecule has 80 valence electrons. The van der Waals surface area contributed by atoms with E-state index in [4.69, 9.17) is 11.6 Å². The Hall–Kier alpha value is -1.35. The maximum Gasteiger partial charge on any atom is 0.331 e. The van der Waals surface area contributed by atoms with E-state index in [0.717, 1.165) is 5.56 Å². The average Bonchev–Trinajstić information content (AvgIpc) is 2.26. The van der Waals surface area contributed by atoms with E-state index in [1.807, 2.05) is 6.07 Å². The number of halogens is 1. The topological polar surface area (TPSA) is 43.4 Å². The van der Waals surface area contributed by atoms with Crippen LogP contribution in [0.5, 0.6) is 0 Å². The second kappa shape index (κ2) is 4.94. The van der Waals surface area contributed by atoms with Crippen molar-refractivity contribution in [1.82, 2.24) is 0 Å². The van der Waals surface area contributed by atoms with Crippen molar-refractivity contribution in [2.45, 2.75) is 12.3 Å². The predicted molar refractivity (Wildman–Crippen MR) is 57.2 cm³/mol. The number of hydrogen-bond donors (Lipinski definition) is 0. The van der Waals surface area contributed by atoms with Crippen molar-refractivity contribution >= 4 is 23.4 Å². The second-order valence-corrected chi connectivity index (χ2v) is 3.50. The van der Waals surface area contributed by atoms with Gasteiger partial charge in [0.1, 0.15) is 0 Å². The summed E-state index contributed by atoms with van der Waals surface area (Å²) in [6, 6.07) is 6.96. The summed E-state index contributed by atoms with van der Waals surface area (Å²) in [6.45, 7) is 1.79. The number of hydrogen-bond acceptors (Lipinski definition) is 3. The number of Topliss-reactive ketones (excluding diaryl/α,β-unsaturated/α-hetero) is 1. The third kappa shape index (κ3) is 2.57. The summed E-state index contributed by atoms with van der Waals surface area (Å²) in [7, 11) is 1.20. The van der Waals surface area contributed by atoms with Crippen LogP contribution >= 0.6 is 11.6 Å². The Labute approximate surface area is 93.0 Å². The molecule has 1 unspecified atom stereocenters. The van der Waals surface area contributed by atoms with Crippen molar-refractivity contribution in [1.29, 1.82) is 0 Å². The molecule has 0 N–H and O–H groups in total. The van der Waals surface area contributed by atoms with Gasteiger partial charge in [0.2, 0.25) is 0 Å². The van der Waals surface area contributed by atoms with Crippen molar-refractivity contribution in [2.24, 2.45) is 0 Å². The molecule has 0 fully saturated rings. The fourth-order valence-corrected chi connectivity index (χ4v) is 1.40. The van der Waals surface area contributed by atoms with E-state index in [-0.39, 0.29) is 0 Å². The first-order valence-electron chi connectivity index (χ1n) is 4.39. The lowest BCUT2D eigenvalue weighted by Crippen LogP contribution is -2.26. The Balaban J connectivity index is 2.95. The molecule has 0 heterocycles. The Morgan fingerprint density at radius 1 is 1.33 bits per heavy atom. The number of benzene rings is 1. The molecule has 0 aliphatic rings. The van der Waals surface area contributed by atoms with Crippen LogP contribution in [0, 0.1) is 6.92 Å². The minimum atomic E-state index is -1.27. The summed E-state index contributed by atoms with van der Waals surface area (Å²) in [5.74, 6) is -1.16. The molecule has 0 bridgehead atoms. The molecule has 0 aliphatic carbocycles. The van der Waals surface area contributed by atoms with Gasteiger partial charge in [-0.25, -0.2) is 4.79 Å². The molecule has 3 nitrogen and oxygen atoms in total. The summed E-state index contributed by atoms with van der Waals surface area (Å²) >= 11 is 5.66. The molecule has 1 aromatic carbocycles. The standard InChI is InChI=1S/C11H11ClO3/c1-7-5-3-4-6-8(7)10(13)9(12)11(14)15-2/h3-6,9H,1-2H3. The average molecular weight is 227 g/mol. The SMILES string of the molecule is COC(=O)C(Cl)C(=O)c1ccccc1C. The molecule has 4 heteroatoms. The third-order valence-electron chi connectivity index (χ3n) is 2.05. The minimum absolute atomic E-state index is 0.429. The zero-order valence-corrected chi connectivity index (χ0v) is 9.25. The van der Waals surface area contributed by atoms with E-state index in [9.17, 15) is 9.59 Å². The van der Waals surface area contributed by atoms with Crippen LogP contribution in [-0.4, -0.2) is 24.2 Å². The van der Waals surface area contributed by atoms with E-state index < -0.39 is 17.1 Å². The summed E-state index contributed by atoms with van der Waals surface area (Å²) < 4.78 is 4.40. The zero-order chi connectivity index (χ0) is 11.4. The van der Waals surface area contributed by atoms with Gasteiger partial charge in [-0.2, -0.15) is 0 Å². The molecule has 1 atom stereocenters. The lowest BCUT2D eigenvalue weighted by molar-refractivity contribution is -0.139. The molecule has 0 aliphatic heterocycles. The van der Waals surface area contributed by atoms with E-state index in [2.05, 4.69) is 4.74 Å². The van der Waals surface area contributed by atoms with Crippen molar-refractivity contribution in [3.05, 3.63) is 35.4 Å². The normalized spacial score (nSPS) is 11.9. The van der Waals surface area contributed by atoms with Gasteiger partial charge in [0.05, 0.1) is 7.11 Å². The highest BCUT2D eigenvalue weighted by Gasteiger charge is 2.26. The molecule has 0 radical (unpaired) electrons. The molecular weight excluding hydrogens is 216 g/mol. The van der Waals surface area contributed by atoms with E-state index in [1.54, 1.807) is 25.1 Å². The van der Waals surface area contributed by atoms with Gasteiger partial charge in [0.15, 0.2) is 11.2 Å². The fraction of sp³-hybridized carbons (Fsp3) is 0.273. The highest BCUT2D eigenvalue weighted by molar-refractivity contribution is 6.43. The number of aryl methyl sites for hydroxylation is 1. The van der Waals surface area contributed by atoms with E-state index in [0.29, 0.717) is 5.56 Å². The highest BCUT2D eigenvalue weighted by Crippen LogP contribution is 2.13. The van der Waals surface area contributed by atoms with Crippen LogP contribution in [0.15, 0.2) is 24.3 Å². The first-order chi connectivity index (χ1) is 7.07. The molecule has 15 heavy (non-hydrogen) atoms. The number of esters is 1. The Morgan fingerprint density at radius 3 is 2.47 bits per heavy atom. The molecule has 0 aromatic heterocycles. The van der Waals surface area contributed by atoms with E-state index >= 15 is 0 Å². The van der Waals surface area contributed by atoms with Crippen LogP contribution in [0.3, 0.4) is 0 Å². The maximum atomic E-state index is 11.7. The number of ketones is 1. The molecule has 0 saturated heterocycles. The smallest absolute Gasteiger partial charge is 0.331 e. The maximum absolute atomic E-state index is 11.7. The molecule has 0 saturated carbocycles. The van der Waals surface area contributed by atoms with Crippen LogP contribution in [0.4, 0.5) is 0 Å². The number of rotatable bonds is 3.